The molecule has 0 fully saturated rings. The summed E-state index contributed by atoms with van der Waals surface area (Å²) in [4.78, 5) is 24.8. The molecular formula is C15H12BrNO3. The molecule has 20 heavy (non-hydrogen) atoms. The number of ether oxygens (including phenoxy) is 1. The van der Waals surface area contributed by atoms with Crippen LogP contribution in [0.2, 0.25) is 0 Å². The Morgan fingerprint density at radius 1 is 1.00 bits per heavy atom. The summed E-state index contributed by atoms with van der Waals surface area (Å²) in [7, 11) is 1.31. The van der Waals surface area contributed by atoms with Crippen molar-refractivity contribution in [1.29, 1.82) is 0 Å². The predicted molar refractivity (Wildman–Crippen MR) is 80.7 cm³/mol. The van der Waals surface area contributed by atoms with E-state index in [1.165, 1.54) is 12.0 Å². The Bertz CT molecular complexity index is 628. The van der Waals surface area contributed by atoms with E-state index in [2.05, 4.69) is 15.9 Å². The van der Waals surface area contributed by atoms with E-state index in [0.717, 1.165) is 0 Å². The number of benzene rings is 2. The summed E-state index contributed by atoms with van der Waals surface area (Å²) < 4.78 is 4.75. The van der Waals surface area contributed by atoms with Crippen LogP contribution in [-0.2, 0) is 4.74 Å². The van der Waals surface area contributed by atoms with Gasteiger partial charge in [-0.1, -0.05) is 30.3 Å². The number of hydrogen-bond acceptors (Lipinski definition) is 3. The summed E-state index contributed by atoms with van der Waals surface area (Å²) in [6.07, 6.45) is 0. The molecule has 0 aliphatic heterocycles. The van der Waals surface area contributed by atoms with Crippen molar-refractivity contribution in [3.05, 3.63) is 60.2 Å². The molecule has 0 heterocycles. The first-order chi connectivity index (χ1) is 9.65. The van der Waals surface area contributed by atoms with Crippen LogP contribution in [0.25, 0.3) is 0 Å². The van der Waals surface area contributed by atoms with E-state index in [0.29, 0.717) is 16.9 Å². The molecule has 0 unspecified atom stereocenters. The minimum atomic E-state index is -0.490. The smallest absolute Gasteiger partial charge is 0.339 e. The molecule has 0 aliphatic carbocycles. The van der Waals surface area contributed by atoms with Crippen LogP contribution in [0.15, 0.2) is 54.6 Å². The maximum Gasteiger partial charge on any atom is 0.339 e. The highest BCUT2D eigenvalue weighted by atomic mass is 79.9. The van der Waals surface area contributed by atoms with Crippen molar-refractivity contribution >= 4 is 38.1 Å². The van der Waals surface area contributed by atoms with Crippen molar-refractivity contribution in [3.63, 3.8) is 0 Å². The van der Waals surface area contributed by atoms with Gasteiger partial charge in [0.25, 0.3) is 4.82 Å². The van der Waals surface area contributed by atoms with E-state index in [9.17, 15) is 9.59 Å². The van der Waals surface area contributed by atoms with Crippen LogP contribution in [0.3, 0.4) is 0 Å². The monoisotopic (exact) mass is 333 g/mol. The lowest BCUT2D eigenvalue weighted by Crippen LogP contribution is -2.22. The van der Waals surface area contributed by atoms with Gasteiger partial charge < -0.3 is 4.74 Å². The van der Waals surface area contributed by atoms with Gasteiger partial charge in [0, 0.05) is 21.6 Å². The number of anilines is 2. The molecule has 1 amide bonds. The molecule has 0 spiro atoms. The third kappa shape index (κ3) is 2.88. The Morgan fingerprint density at radius 2 is 1.60 bits per heavy atom. The number of para-hydroxylation sites is 2. The number of esters is 1. The summed E-state index contributed by atoms with van der Waals surface area (Å²) in [6, 6.07) is 15.8. The zero-order valence-corrected chi connectivity index (χ0v) is 12.3. The quantitative estimate of drug-likeness (QED) is 0.482. The number of hydrogen-bond donors (Lipinski definition) is 0. The lowest BCUT2D eigenvalue weighted by atomic mass is 10.1. The fraction of sp³-hybridized carbons (Fsp3) is 0.0667. The summed E-state index contributed by atoms with van der Waals surface area (Å²) in [6.45, 7) is 0. The van der Waals surface area contributed by atoms with Crippen molar-refractivity contribution in [1.82, 2.24) is 0 Å². The summed E-state index contributed by atoms with van der Waals surface area (Å²) in [5.41, 5.74) is 1.45. The van der Waals surface area contributed by atoms with Crippen LogP contribution >= 0.6 is 15.9 Å². The van der Waals surface area contributed by atoms with Crippen LogP contribution in [0.4, 0.5) is 16.2 Å². The normalized spacial score (nSPS) is 9.90. The molecular weight excluding hydrogens is 322 g/mol. The molecule has 0 atom stereocenters. The fourth-order valence-electron chi connectivity index (χ4n) is 1.86. The number of amides is 1. The highest BCUT2D eigenvalue weighted by molar-refractivity contribution is 9.18. The van der Waals surface area contributed by atoms with Crippen molar-refractivity contribution < 1.29 is 14.3 Å². The molecule has 4 nitrogen and oxygen atoms in total. The van der Waals surface area contributed by atoms with Crippen LogP contribution in [-0.4, -0.2) is 17.9 Å². The molecule has 0 radical (unpaired) electrons. The molecule has 2 aromatic carbocycles. The molecule has 0 aliphatic rings. The van der Waals surface area contributed by atoms with Crippen molar-refractivity contribution in [2.24, 2.45) is 0 Å². The summed E-state index contributed by atoms with van der Waals surface area (Å²) in [5.74, 6) is -0.490. The van der Waals surface area contributed by atoms with Crippen molar-refractivity contribution in [2.75, 3.05) is 12.0 Å². The van der Waals surface area contributed by atoms with E-state index in [4.69, 9.17) is 4.74 Å². The zero-order valence-electron chi connectivity index (χ0n) is 10.7. The lowest BCUT2D eigenvalue weighted by molar-refractivity contribution is 0.0601. The number of carbonyl (C=O) groups is 2. The van der Waals surface area contributed by atoms with E-state index in [1.807, 2.05) is 18.2 Å². The van der Waals surface area contributed by atoms with Gasteiger partial charge in [0.15, 0.2) is 0 Å². The molecule has 2 aromatic rings. The Labute approximate surface area is 125 Å². The van der Waals surface area contributed by atoms with Gasteiger partial charge in [-0.2, -0.15) is 0 Å². The maximum absolute atomic E-state index is 11.9. The molecule has 0 bridgehead atoms. The van der Waals surface area contributed by atoms with Gasteiger partial charge in [0.2, 0.25) is 0 Å². The molecule has 0 saturated heterocycles. The fourth-order valence-corrected chi connectivity index (χ4v) is 2.26. The van der Waals surface area contributed by atoms with E-state index >= 15 is 0 Å². The van der Waals surface area contributed by atoms with Gasteiger partial charge >= 0.3 is 5.97 Å². The molecule has 102 valence electrons. The lowest BCUT2D eigenvalue weighted by Gasteiger charge is -2.22. The number of halogens is 1. The van der Waals surface area contributed by atoms with Gasteiger partial charge in [-0.15, -0.1) is 0 Å². The van der Waals surface area contributed by atoms with Crippen LogP contribution in [0, 0.1) is 0 Å². The second-order valence-electron chi connectivity index (χ2n) is 3.93. The Hall–Kier alpha value is -2.14. The summed E-state index contributed by atoms with van der Waals surface area (Å²) in [5, 5.41) is 0. The van der Waals surface area contributed by atoms with Crippen LogP contribution in [0.5, 0.6) is 0 Å². The van der Waals surface area contributed by atoms with Crippen LogP contribution in [0.1, 0.15) is 10.4 Å². The first-order valence-corrected chi connectivity index (χ1v) is 6.66. The highest BCUT2D eigenvalue weighted by Crippen LogP contribution is 2.30. The van der Waals surface area contributed by atoms with Gasteiger partial charge in [-0.25, -0.2) is 4.79 Å². The van der Waals surface area contributed by atoms with E-state index in [-0.39, 0.29) is 4.82 Å². The van der Waals surface area contributed by atoms with Crippen LogP contribution < -0.4 is 4.90 Å². The van der Waals surface area contributed by atoms with Gasteiger partial charge in [0.1, 0.15) is 0 Å². The highest BCUT2D eigenvalue weighted by Gasteiger charge is 2.21. The van der Waals surface area contributed by atoms with Crippen molar-refractivity contribution in [2.45, 2.75) is 0 Å². The van der Waals surface area contributed by atoms with E-state index in [1.54, 1.807) is 36.4 Å². The molecule has 0 saturated carbocycles. The molecule has 2 rings (SSSR count). The average molecular weight is 334 g/mol. The third-order valence-electron chi connectivity index (χ3n) is 2.74. The Kier molecular flexibility index (Phi) is 4.53. The molecule has 0 N–H and O–H groups in total. The van der Waals surface area contributed by atoms with Crippen molar-refractivity contribution in [3.8, 4) is 0 Å². The minimum absolute atomic E-state index is 0.326. The van der Waals surface area contributed by atoms with Gasteiger partial charge in [-0.05, 0) is 24.3 Å². The number of methoxy groups -OCH3 is 1. The maximum atomic E-state index is 11.9. The molecule has 5 heteroatoms. The van der Waals surface area contributed by atoms with Gasteiger partial charge in [-0.3, -0.25) is 9.69 Å². The second-order valence-corrected chi connectivity index (χ2v) is 4.61. The third-order valence-corrected chi connectivity index (χ3v) is 3.10. The standard InChI is InChI=1S/C15H12BrNO3/c1-20-14(18)12-9-5-6-10-13(12)17(15(16)19)11-7-3-2-4-8-11/h2-10H,1H3. The second kappa shape index (κ2) is 6.34. The zero-order chi connectivity index (χ0) is 14.5. The largest absolute Gasteiger partial charge is 0.465 e. The molecule has 0 aromatic heterocycles. The topological polar surface area (TPSA) is 46.6 Å². The SMILES string of the molecule is COC(=O)c1ccccc1N(C(=O)Br)c1ccccc1. The number of nitrogens with zero attached hydrogens (tertiary/aromatic N) is 1. The first kappa shape index (κ1) is 14.3. The first-order valence-electron chi connectivity index (χ1n) is 5.87. The average Bonchev–Trinajstić information content (AvgIpc) is 2.48. The van der Waals surface area contributed by atoms with E-state index < -0.39 is 5.97 Å². The number of rotatable bonds is 3. The number of carbonyl (C=O) groups excluding carboxylic acids is 2. The minimum Gasteiger partial charge on any atom is -0.465 e. The Morgan fingerprint density at radius 3 is 2.20 bits per heavy atom. The van der Waals surface area contributed by atoms with Gasteiger partial charge in [0.05, 0.1) is 18.4 Å². The summed E-state index contributed by atoms with van der Waals surface area (Å²) >= 11 is 2.95. The predicted octanol–water partition coefficient (Wildman–Crippen LogP) is 4.13. The Balaban J connectivity index is 2.57.